The first-order valence-electron chi connectivity index (χ1n) is 11.4. The number of alkyl halides is 6. The number of pyridine rings is 1. The van der Waals surface area contributed by atoms with Gasteiger partial charge in [-0.05, 0) is 48.9 Å². The van der Waals surface area contributed by atoms with Gasteiger partial charge in [-0.25, -0.2) is 8.78 Å². The first kappa shape index (κ1) is 28.4. The molecule has 0 fully saturated rings. The van der Waals surface area contributed by atoms with E-state index in [-0.39, 0.29) is 29.0 Å². The second-order valence-electron chi connectivity index (χ2n) is 8.43. The van der Waals surface area contributed by atoms with Gasteiger partial charge in [0, 0.05) is 17.2 Å². The van der Waals surface area contributed by atoms with Crippen molar-refractivity contribution < 1.29 is 44.3 Å². The molecule has 0 spiro atoms. The smallest absolute Gasteiger partial charge is 0.417 e. The molecular formula is C27H16F8N2O3. The SMILES string of the molecule is CCOc1cc(-c2coc(-c3cc(C(F)(F)F)c(C#N)c(=O)n3Cc3ccc(F)cc3F)c2)cc(C(F)(F)F)c1. The molecule has 0 bridgehead atoms. The third-order valence-electron chi connectivity index (χ3n) is 5.79. The fourth-order valence-electron chi connectivity index (χ4n) is 3.96. The lowest BCUT2D eigenvalue weighted by Crippen LogP contribution is -2.29. The summed E-state index contributed by atoms with van der Waals surface area (Å²) in [4.78, 5) is 13.1. The minimum Gasteiger partial charge on any atom is -0.494 e. The van der Waals surface area contributed by atoms with Gasteiger partial charge in [0.1, 0.15) is 29.0 Å². The Bertz CT molecular complexity index is 1680. The second-order valence-corrected chi connectivity index (χ2v) is 8.43. The van der Waals surface area contributed by atoms with Crippen molar-refractivity contribution in [3.05, 3.63) is 99.0 Å². The summed E-state index contributed by atoms with van der Waals surface area (Å²) in [5.41, 5.74) is -6.28. The van der Waals surface area contributed by atoms with Gasteiger partial charge in [-0.15, -0.1) is 0 Å². The van der Waals surface area contributed by atoms with Crippen molar-refractivity contribution in [3.8, 4) is 34.4 Å². The van der Waals surface area contributed by atoms with E-state index in [0.29, 0.717) is 16.7 Å². The monoisotopic (exact) mass is 568 g/mol. The van der Waals surface area contributed by atoms with Crippen LogP contribution in [0.2, 0.25) is 0 Å². The summed E-state index contributed by atoms with van der Waals surface area (Å²) in [7, 11) is 0. The highest BCUT2D eigenvalue weighted by Crippen LogP contribution is 2.38. The van der Waals surface area contributed by atoms with Gasteiger partial charge >= 0.3 is 12.4 Å². The Kier molecular flexibility index (Phi) is 7.47. The quantitative estimate of drug-likeness (QED) is 0.227. The molecule has 0 saturated carbocycles. The first-order valence-corrected chi connectivity index (χ1v) is 11.4. The number of aromatic nitrogens is 1. The Hall–Kier alpha value is -4.60. The first-order chi connectivity index (χ1) is 18.7. The average Bonchev–Trinajstić information content (AvgIpc) is 3.35. The molecule has 0 saturated heterocycles. The van der Waals surface area contributed by atoms with E-state index in [1.54, 1.807) is 6.92 Å². The summed E-state index contributed by atoms with van der Waals surface area (Å²) >= 11 is 0. The van der Waals surface area contributed by atoms with Gasteiger partial charge in [-0.1, -0.05) is 6.07 Å². The van der Waals surface area contributed by atoms with Crippen LogP contribution in [-0.2, 0) is 18.9 Å². The zero-order chi connectivity index (χ0) is 29.4. The van der Waals surface area contributed by atoms with E-state index < -0.39 is 64.2 Å². The highest BCUT2D eigenvalue weighted by atomic mass is 19.4. The van der Waals surface area contributed by atoms with Crippen LogP contribution in [0.4, 0.5) is 35.1 Å². The number of benzene rings is 2. The summed E-state index contributed by atoms with van der Waals surface area (Å²) in [6, 6.07) is 7.89. The molecule has 0 atom stereocenters. The molecule has 2 aromatic carbocycles. The number of halogens is 8. The molecule has 2 aromatic heterocycles. The minimum atomic E-state index is -5.15. The molecule has 5 nitrogen and oxygen atoms in total. The lowest BCUT2D eigenvalue weighted by atomic mass is 10.0. The number of nitriles is 1. The van der Waals surface area contributed by atoms with Crippen molar-refractivity contribution in [1.82, 2.24) is 4.57 Å². The predicted molar refractivity (Wildman–Crippen MR) is 125 cm³/mol. The van der Waals surface area contributed by atoms with Crippen LogP contribution in [0.25, 0.3) is 22.6 Å². The Balaban J connectivity index is 1.93. The largest absolute Gasteiger partial charge is 0.494 e. The molecule has 0 N–H and O–H groups in total. The Morgan fingerprint density at radius 3 is 2.27 bits per heavy atom. The number of nitrogens with zero attached hydrogens (tertiary/aromatic N) is 2. The van der Waals surface area contributed by atoms with Crippen molar-refractivity contribution in [2.75, 3.05) is 6.61 Å². The summed E-state index contributed by atoms with van der Waals surface area (Å²) in [5.74, 6) is -2.58. The molecule has 208 valence electrons. The summed E-state index contributed by atoms with van der Waals surface area (Å²) < 4.78 is 121. The lowest BCUT2D eigenvalue weighted by molar-refractivity contribution is -0.138. The average molecular weight is 568 g/mol. The highest BCUT2D eigenvalue weighted by molar-refractivity contribution is 5.71. The maximum atomic E-state index is 14.4. The number of ether oxygens (including phenoxy) is 1. The van der Waals surface area contributed by atoms with Gasteiger partial charge < -0.3 is 9.15 Å². The predicted octanol–water partition coefficient (Wildman–Crippen LogP) is 7.41. The lowest BCUT2D eigenvalue weighted by Gasteiger charge is -2.16. The van der Waals surface area contributed by atoms with E-state index in [1.165, 1.54) is 12.1 Å². The van der Waals surface area contributed by atoms with Gasteiger partial charge in [0.25, 0.3) is 5.56 Å². The molecule has 2 heterocycles. The van der Waals surface area contributed by atoms with Gasteiger partial charge in [-0.2, -0.15) is 31.6 Å². The maximum Gasteiger partial charge on any atom is 0.417 e. The zero-order valence-electron chi connectivity index (χ0n) is 20.3. The molecule has 40 heavy (non-hydrogen) atoms. The van der Waals surface area contributed by atoms with Crippen LogP contribution < -0.4 is 10.3 Å². The molecule has 0 aliphatic rings. The van der Waals surface area contributed by atoms with Crippen LogP contribution in [-0.4, -0.2) is 11.2 Å². The zero-order valence-corrected chi connectivity index (χ0v) is 20.3. The van der Waals surface area contributed by atoms with Crippen molar-refractivity contribution in [3.63, 3.8) is 0 Å². The van der Waals surface area contributed by atoms with E-state index in [4.69, 9.17) is 9.15 Å². The summed E-state index contributed by atoms with van der Waals surface area (Å²) in [5, 5.41) is 9.31. The van der Waals surface area contributed by atoms with Crippen LogP contribution in [0.1, 0.15) is 29.2 Å². The minimum absolute atomic E-state index is 0.00747. The second kappa shape index (κ2) is 10.5. The van der Waals surface area contributed by atoms with Crippen LogP contribution in [0.5, 0.6) is 5.75 Å². The topological polar surface area (TPSA) is 68.2 Å². The molecule has 0 aliphatic heterocycles. The number of hydrogen-bond donors (Lipinski definition) is 0. The molecule has 0 radical (unpaired) electrons. The third-order valence-corrected chi connectivity index (χ3v) is 5.79. The normalized spacial score (nSPS) is 11.9. The summed E-state index contributed by atoms with van der Waals surface area (Å²) in [6.45, 7) is 0.887. The molecule has 0 amide bonds. The Morgan fingerprint density at radius 2 is 1.68 bits per heavy atom. The van der Waals surface area contributed by atoms with Gasteiger partial charge in [0.15, 0.2) is 5.76 Å². The molecule has 0 unspecified atom stereocenters. The maximum absolute atomic E-state index is 14.4. The molecule has 4 rings (SSSR count). The molecular weight excluding hydrogens is 552 g/mol. The fourth-order valence-corrected chi connectivity index (χ4v) is 3.96. The Labute approximate surface area is 220 Å². The fraction of sp³-hybridized carbons (Fsp3) is 0.185. The number of rotatable bonds is 6. The van der Waals surface area contributed by atoms with Gasteiger partial charge in [0.05, 0.1) is 36.2 Å². The van der Waals surface area contributed by atoms with Crippen molar-refractivity contribution >= 4 is 0 Å². The number of furan rings is 1. The van der Waals surface area contributed by atoms with Crippen molar-refractivity contribution in [2.45, 2.75) is 25.8 Å². The van der Waals surface area contributed by atoms with Gasteiger partial charge in [-0.3, -0.25) is 9.36 Å². The standard InChI is InChI=1S/C27H16F8N2O3/c1-2-39-19-6-15(5-17(8-19)26(30,31)32)16-7-24(40-13-16)23-10-21(27(33,34)35)20(11-36)25(38)37(23)12-14-3-4-18(28)9-22(14)29/h3-10,13H,2,12H2,1H3. The van der Waals surface area contributed by atoms with E-state index in [0.717, 1.165) is 36.6 Å². The molecule has 4 aromatic rings. The third kappa shape index (κ3) is 5.70. The van der Waals surface area contributed by atoms with E-state index >= 15 is 0 Å². The number of hydrogen-bond acceptors (Lipinski definition) is 4. The molecule has 0 aliphatic carbocycles. The highest BCUT2D eigenvalue weighted by Gasteiger charge is 2.37. The van der Waals surface area contributed by atoms with Crippen molar-refractivity contribution in [2.24, 2.45) is 0 Å². The van der Waals surface area contributed by atoms with E-state index in [1.807, 2.05) is 0 Å². The van der Waals surface area contributed by atoms with Crippen molar-refractivity contribution in [1.29, 1.82) is 5.26 Å². The van der Waals surface area contributed by atoms with Gasteiger partial charge in [0.2, 0.25) is 0 Å². The summed E-state index contributed by atoms with van der Waals surface area (Å²) in [6.07, 6.45) is -8.94. The van der Waals surface area contributed by atoms with E-state index in [2.05, 4.69) is 0 Å². The van der Waals surface area contributed by atoms with Crippen LogP contribution in [0, 0.1) is 23.0 Å². The van der Waals surface area contributed by atoms with Crippen LogP contribution in [0.3, 0.4) is 0 Å². The Morgan fingerprint density at radius 1 is 0.950 bits per heavy atom. The molecule has 13 heteroatoms. The van der Waals surface area contributed by atoms with E-state index in [9.17, 15) is 45.2 Å². The van der Waals surface area contributed by atoms with Crippen LogP contribution >= 0.6 is 0 Å². The van der Waals surface area contributed by atoms with Crippen LogP contribution in [0.15, 0.2) is 64.0 Å².